The smallest absolute Gasteiger partial charge is 0.204 e. The Kier molecular flexibility index (Phi) is 3.70. The lowest BCUT2D eigenvalue weighted by molar-refractivity contribution is 0.0367. The van der Waals surface area contributed by atoms with Gasteiger partial charge in [-0.25, -0.2) is 0 Å². The van der Waals surface area contributed by atoms with Gasteiger partial charge in [-0.05, 0) is 42.5 Å². The average Bonchev–Trinajstić information content (AvgIpc) is 2.91. The first-order valence-electron chi connectivity index (χ1n) is 7.09. The summed E-state index contributed by atoms with van der Waals surface area (Å²) < 4.78 is 7.72. The van der Waals surface area contributed by atoms with Crippen LogP contribution in [0.2, 0.25) is 0 Å². The fourth-order valence-corrected chi connectivity index (χ4v) is 2.88. The minimum atomic E-state index is 0.0422. The van der Waals surface area contributed by atoms with E-state index in [9.17, 15) is 4.79 Å². The molecule has 0 bridgehead atoms. The molecule has 1 atom stereocenters. The number of ether oxygens (including phenoxy) is 1. The number of carbonyl (C=O) groups is 1. The Hall–Kier alpha value is -1.87. The highest BCUT2D eigenvalue weighted by Crippen LogP contribution is 2.32. The molecule has 1 aromatic heterocycles. The Morgan fingerprint density at radius 1 is 1.30 bits per heavy atom. The Bertz CT molecular complexity index is 615. The zero-order valence-electron chi connectivity index (χ0n) is 11.7. The lowest BCUT2D eigenvalue weighted by Gasteiger charge is -2.25. The molecule has 0 saturated heterocycles. The number of aryl methyl sites for hydroxylation is 2. The van der Waals surface area contributed by atoms with Crippen LogP contribution < -0.4 is 0 Å². The van der Waals surface area contributed by atoms with E-state index in [1.165, 1.54) is 11.1 Å². The Morgan fingerprint density at radius 2 is 2.15 bits per heavy atom. The summed E-state index contributed by atoms with van der Waals surface area (Å²) in [6.07, 6.45) is 5.17. The maximum absolute atomic E-state index is 12.1. The molecular weight excluding hydrogens is 250 g/mol. The van der Waals surface area contributed by atoms with Crippen molar-refractivity contribution in [1.29, 1.82) is 0 Å². The molecule has 20 heavy (non-hydrogen) atoms. The van der Waals surface area contributed by atoms with Crippen molar-refractivity contribution in [3.63, 3.8) is 0 Å². The van der Waals surface area contributed by atoms with Gasteiger partial charge in [0.15, 0.2) is 0 Å². The topological polar surface area (TPSA) is 31.2 Å². The average molecular weight is 269 g/mol. The van der Waals surface area contributed by atoms with E-state index < -0.39 is 0 Å². The molecule has 3 rings (SSSR count). The molecule has 0 N–H and O–H groups in total. The standard InChI is InChI=1S/C17H19NO2/c1-18-11-5-9-15(18)16(19)12-20-17-10-4-7-13-6-2-3-8-14(13)17/h2-3,5-6,8-9,11,17H,4,7,10,12H2,1H3. The van der Waals surface area contributed by atoms with Gasteiger partial charge in [-0.15, -0.1) is 0 Å². The van der Waals surface area contributed by atoms with Crippen molar-refractivity contribution in [1.82, 2.24) is 4.57 Å². The molecule has 0 radical (unpaired) electrons. The van der Waals surface area contributed by atoms with Crippen LogP contribution >= 0.6 is 0 Å². The summed E-state index contributed by atoms with van der Waals surface area (Å²) in [6, 6.07) is 12.1. The summed E-state index contributed by atoms with van der Waals surface area (Å²) in [6.45, 7) is 0.150. The van der Waals surface area contributed by atoms with Crippen molar-refractivity contribution in [2.45, 2.75) is 25.4 Å². The number of rotatable bonds is 4. The number of carbonyl (C=O) groups excluding carboxylic acids is 1. The number of aromatic nitrogens is 1. The highest BCUT2D eigenvalue weighted by atomic mass is 16.5. The summed E-state index contributed by atoms with van der Waals surface area (Å²) >= 11 is 0. The second kappa shape index (κ2) is 5.63. The van der Waals surface area contributed by atoms with Crippen molar-refractivity contribution in [3.8, 4) is 0 Å². The molecule has 0 amide bonds. The van der Waals surface area contributed by atoms with Crippen LogP contribution in [-0.2, 0) is 18.2 Å². The Morgan fingerprint density at radius 3 is 2.95 bits per heavy atom. The Labute approximate surface area is 119 Å². The number of nitrogens with zero attached hydrogens (tertiary/aromatic N) is 1. The second-order valence-electron chi connectivity index (χ2n) is 5.32. The molecule has 1 heterocycles. The van der Waals surface area contributed by atoms with E-state index in [2.05, 4.69) is 18.2 Å². The largest absolute Gasteiger partial charge is 0.365 e. The van der Waals surface area contributed by atoms with E-state index >= 15 is 0 Å². The summed E-state index contributed by atoms with van der Waals surface area (Å²) in [4.78, 5) is 12.1. The third-order valence-electron chi connectivity index (χ3n) is 3.96. The van der Waals surface area contributed by atoms with Crippen LogP contribution in [0.25, 0.3) is 0 Å². The zero-order chi connectivity index (χ0) is 13.9. The van der Waals surface area contributed by atoms with Gasteiger partial charge in [0.1, 0.15) is 6.61 Å². The first-order chi connectivity index (χ1) is 9.75. The fraction of sp³-hybridized carbons (Fsp3) is 0.353. The molecule has 1 unspecified atom stereocenters. The minimum absolute atomic E-state index is 0.0422. The van der Waals surface area contributed by atoms with Crippen molar-refractivity contribution in [3.05, 3.63) is 59.4 Å². The summed E-state index contributed by atoms with van der Waals surface area (Å²) in [5.74, 6) is 0.0422. The van der Waals surface area contributed by atoms with Gasteiger partial charge in [-0.2, -0.15) is 0 Å². The van der Waals surface area contributed by atoms with E-state index in [0.717, 1.165) is 19.3 Å². The van der Waals surface area contributed by atoms with E-state index in [4.69, 9.17) is 4.74 Å². The lowest BCUT2D eigenvalue weighted by atomic mass is 9.89. The van der Waals surface area contributed by atoms with Gasteiger partial charge in [0, 0.05) is 13.2 Å². The van der Waals surface area contributed by atoms with Crippen LogP contribution in [0.1, 0.15) is 40.6 Å². The summed E-state index contributed by atoms with van der Waals surface area (Å²) in [5, 5.41) is 0. The van der Waals surface area contributed by atoms with Crippen molar-refractivity contribution in [2.75, 3.05) is 6.61 Å². The molecule has 3 heteroatoms. The van der Waals surface area contributed by atoms with Crippen LogP contribution in [0.3, 0.4) is 0 Å². The van der Waals surface area contributed by atoms with Gasteiger partial charge in [0.25, 0.3) is 0 Å². The monoisotopic (exact) mass is 269 g/mol. The fourth-order valence-electron chi connectivity index (χ4n) is 2.88. The molecule has 1 aliphatic rings. The van der Waals surface area contributed by atoms with Crippen LogP contribution in [0.5, 0.6) is 0 Å². The molecule has 0 spiro atoms. The molecule has 0 saturated carbocycles. The van der Waals surface area contributed by atoms with Crippen LogP contribution in [0.4, 0.5) is 0 Å². The van der Waals surface area contributed by atoms with Gasteiger partial charge in [0.2, 0.25) is 5.78 Å². The molecule has 3 nitrogen and oxygen atoms in total. The molecule has 1 aliphatic carbocycles. The SMILES string of the molecule is Cn1cccc1C(=O)COC1CCCc2ccccc21. The highest BCUT2D eigenvalue weighted by molar-refractivity contribution is 5.95. The van der Waals surface area contributed by atoms with Gasteiger partial charge < -0.3 is 9.30 Å². The maximum atomic E-state index is 12.1. The van der Waals surface area contributed by atoms with Gasteiger partial charge in [-0.3, -0.25) is 4.79 Å². The number of benzene rings is 1. The van der Waals surface area contributed by atoms with Gasteiger partial charge in [0.05, 0.1) is 11.8 Å². The van der Waals surface area contributed by atoms with Crippen molar-refractivity contribution >= 4 is 5.78 Å². The molecular formula is C17H19NO2. The third-order valence-corrected chi connectivity index (χ3v) is 3.96. The zero-order valence-corrected chi connectivity index (χ0v) is 11.7. The van der Waals surface area contributed by atoms with Crippen LogP contribution in [0, 0.1) is 0 Å². The quantitative estimate of drug-likeness (QED) is 0.797. The predicted molar refractivity (Wildman–Crippen MR) is 77.8 cm³/mol. The summed E-state index contributed by atoms with van der Waals surface area (Å²) in [7, 11) is 1.88. The van der Waals surface area contributed by atoms with E-state index in [0.29, 0.717) is 5.69 Å². The third kappa shape index (κ3) is 2.54. The van der Waals surface area contributed by atoms with Crippen LogP contribution in [-0.4, -0.2) is 17.0 Å². The van der Waals surface area contributed by atoms with E-state index in [1.807, 2.05) is 36.0 Å². The molecule has 0 fully saturated rings. The van der Waals surface area contributed by atoms with Gasteiger partial charge in [-0.1, -0.05) is 24.3 Å². The number of fused-ring (bicyclic) bond motifs is 1. The predicted octanol–water partition coefficient (Wildman–Crippen LogP) is 3.30. The maximum Gasteiger partial charge on any atom is 0.204 e. The molecule has 0 aliphatic heterocycles. The normalized spacial score (nSPS) is 17.8. The number of ketones is 1. The number of hydrogen-bond donors (Lipinski definition) is 0. The van der Waals surface area contributed by atoms with Crippen LogP contribution in [0.15, 0.2) is 42.6 Å². The van der Waals surface area contributed by atoms with Crippen molar-refractivity contribution < 1.29 is 9.53 Å². The summed E-state index contributed by atoms with van der Waals surface area (Å²) in [5.41, 5.74) is 3.31. The lowest BCUT2D eigenvalue weighted by Crippen LogP contribution is -2.18. The highest BCUT2D eigenvalue weighted by Gasteiger charge is 2.21. The minimum Gasteiger partial charge on any atom is -0.365 e. The molecule has 2 aromatic rings. The number of Topliss-reactive ketones (excluding diaryl/α,β-unsaturated/α-hetero) is 1. The Balaban J connectivity index is 1.68. The second-order valence-corrected chi connectivity index (χ2v) is 5.32. The number of hydrogen-bond acceptors (Lipinski definition) is 2. The van der Waals surface area contributed by atoms with Gasteiger partial charge >= 0.3 is 0 Å². The first-order valence-corrected chi connectivity index (χ1v) is 7.09. The molecule has 1 aromatic carbocycles. The van der Waals surface area contributed by atoms with E-state index in [1.54, 1.807) is 0 Å². The molecule has 104 valence electrons. The van der Waals surface area contributed by atoms with E-state index in [-0.39, 0.29) is 18.5 Å². The van der Waals surface area contributed by atoms with Crippen molar-refractivity contribution in [2.24, 2.45) is 7.05 Å². The first kappa shape index (κ1) is 13.1.